The van der Waals surface area contributed by atoms with Gasteiger partial charge >= 0.3 is 5.97 Å². The molecule has 2 aliphatic rings. The van der Waals surface area contributed by atoms with Crippen LogP contribution < -0.4 is 12.4 Å². The lowest BCUT2D eigenvalue weighted by molar-refractivity contribution is -0.156. The van der Waals surface area contributed by atoms with E-state index in [4.69, 9.17) is 9.47 Å². The first-order chi connectivity index (χ1) is 13.8. The van der Waals surface area contributed by atoms with Crippen molar-refractivity contribution in [3.63, 3.8) is 0 Å². The Bertz CT molecular complexity index is 710. The van der Waals surface area contributed by atoms with E-state index in [0.29, 0.717) is 6.04 Å². The van der Waals surface area contributed by atoms with Gasteiger partial charge in [-0.05, 0) is 30.4 Å². The van der Waals surface area contributed by atoms with Crippen LogP contribution >= 0.6 is 0 Å². The molecular formula is C24H29ClNO3-. The second kappa shape index (κ2) is 10.8. The molecule has 1 aliphatic heterocycles. The van der Waals surface area contributed by atoms with E-state index in [-0.39, 0.29) is 30.4 Å². The Morgan fingerprint density at radius 1 is 0.897 bits per heavy atom. The van der Waals surface area contributed by atoms with Crippen molar-refractivity contribution in [1.82, 2.24) is 4.90 Å². The molecule has 0 N–H and O–H groups in total. The van der Waals surface area contributed by atoms with Crippen molar-refractivity contribution in [3.05, 3.63) is 71.8 Å². The molecule has 1 saturated carbocycles. The van der Waals surface area contributed by atoms with Crippen molar-refractivity contribution in [3.8, 4) is 0 Å². The molecule has 1 heterocycles. The maximum absolute atomic E-state index is 13.4. The third-order valence-corrected chi connectivity index (χ3v) is 5.95. The number of halogens is 1. The van der Waals surface area contributed by atoms with Crippen LogP contribution in [0, 0.1) is 0 Å². The van der Waals surface area contributed by atoms with Gasteiger partial charge in [0.15, 0.2) is 0 Å². The van der Waals surface area contributed by atoms with Crippen molar-refractivity contribution >= 4 is 5.97 Å². The summed E-state index contributed by atoms with van der Waals surface area (Å²) in [7, 11) is 0. The topological polar surface area (TPSA) is 38.8 Å². The first kappa shape index (κ1) is 21.8. The van der Waals surface area contributed by atoms with E-state index >= 15 is 0 Å². The van der Waals surface area contributed by atoms with Crippen LogP contribution in [0.15, 0.2) is 60.7 Å². The number of hydrogen-bond acceptors (Lipinski definition) is 4. The number of morpholine rings is 1. The molecule has 1 aliphatic carbocycles. The second-order valence-electron chi connectivity index (χ2n) is 7.73. The Balaban J connectivity index is 0.00000240. The highest BCUT2D eigenvalue weighted by atomic mass is 35.5. The maximum atomic E-state index is 13.4. The molecule has 29 heavy (non-hydrogen) atoms. The zero-order valence-corrected chi connectivity index (χ0v) is 17.5. The SMILES string of the molecule is O=C(OC1CCCCC1N1CCOCC1)C(c1ccccc1)c1ccccc1.[Cl-]. The van der Waals surface area contributed by atoms with E-state index in [0.717, 1.165) is 56.7 Å². The summed E-state index contributed by atoms with van der Waals surface area (Å²) in [5.74, 6) is -0.516. The molecule has 4 nitrogen and oxygen atoms in total. The van der Waals surface area contributed by atoms with Crippen molar-refractivity contribution in [2.45, 2.75) is 43.7 Å². The summed E-state index contributed by atoms with van der Waals surface area (Å²) in [4.78, 5) is 15.8. The van der Waals surface area contributed by atoms with Gasteiger partial charge < -0.3 is 21.9 Å². The van der Waals surface area contributed by atoms with E-state index in [2.05, 4.69) is 4.90 Å². The Morgan fingerprint density at radius 3 is 2.03 bits per heavy atom. The van der Waals surface area contributed by atoms with Gasteiger partial charge in [0.05, 0.1) is 13.2 Å². The van der Waals surface area contributed by atoms with Gasteiger partial charge in [0, 0.05) is 19.1 Å². The van der Waals surface area contributed by atoms with Gasteiger partial charge in [-0.1, -0.05) is 67.1 Å². The minimum Gasteiger partial charge on any atom is -1.00 e. The van der Waals surface area contributed by atoms with Crippen molar-refractivity contribution < 1.29 is 26.7 Å². The molecule has 0 spiro atoms. The zero-order valence-electron chi connectivity index (χ0n) is 16.7. The normalized spacial score (nSPS) is 22.7. The largest absolute Gasteiger partial charge is 1.00 e. The average Bonchev–Trinajstić information content (AvgIpc) is 2.76. The van der Waals surface area contributed by atoms with Crippen LogP contribution in [-0.2, 0) is 14.3 Å². The first-order valence-corrected chi connectivity index (χ1v) is 10.4. The molecule has 0 radical (unpaired) electrons. The minimum absolute atomic E-state index is 0. The molecule has 2 aromatic carbocycles. The van der Waals surface area contributed by atoms with Crippen LogP contribution in [0.4, 0.5) is 0 Å². The standard InChI is InChI=1S/C24H29NO3.ClH/c26-24(23(19-9-3-1-4-10-19)20-11-5-2-6-12-20)28-22-14-8-7-13-21(22)25-15-17-27-18-16-25;/h1-6,9-12,21-23H,7-8,13-18H2;1H/p-1. The van der Waals surface area contributed by atoms with Gasteiger partial charge in [0.1, 0.15) is 12.0 Å². The van der Waals surface area contributed by atoms with E-state index in [9.17, 15) is 4.79 Å². The number of carbonyl (C=O) groups is 1. The fraction of sp³-hybridized carbons (Fsp3) is 0.458. The molecular weight excluding hydrogens is 386 g/mol. The molecule has 1 saturated heterocycles. The van der Waals surface area contributed by atoms with Crippen LogP contribution in [0.25, 0.3) is 0 Å². The third-order valence-electron chi connectivity index (χ3n) is 5.95. The first-order valence-electron chi connectivity index (χ1n) is 10.4. The van der Waals surface area contributed by atoms with E-state index in [1.54, 1.807) is 0 Å². The van der Waals surface area contributed by atoms with Crippen LogP contribution in [0.5, 0.6) is 0 Å². The number of ether oxygens (including phenoxy) is 2. The summed E-state index contributed by atoms with van der Waals surface area (Å²) in [6.07, 6.45) is 4.34. The molecule has 0 bridgehead atoms. The quantitative estimate of drug-likeness (QED) is 0.684. The summed E-state index contributed by atoms with van der Waals surface area (Å²) in [5, 5.41) is 0. The number of hydrogen-bond donors (Lipinski definition) is 0. The third kappa shape index (κ3) is 5.39. The molecule has 2 aromatic rings. The van der Waals surface area contributed by atoms with Crippen LogP contribution in [0.2, 0.25) is 0 Å². The van der Waals surface area contributed by atoms with Crippen molar-refractivity contribution in [2.75, 3.05) is 26.3 Å². The van der Waals surface area contributed by atoms with Gasteiger partial charge in [-0.15, -0.1) is 0 Å². The molecule has 2 fully saturated rings. The minimum atomic E-state index is -0.380. The summed E-state index contributed by atoms with van der Waals surface area (Å²) in [6, 6.07) is 20.3. The lowest BCUT2D eigenvalue weighted by atomic mass is 9.89. The van der Waals surface area contributed by atoms with E-state index in [1.165, 1.54) is 6.42 Å². The van der Waals surface area contributed by atoms with E-state index < -0.39 is 0 Å². The molecule has 0 amide bonds. The highest BCUT2D eigenvalue weighted by molar-refractivity contribution is 5.82. The number of nitrogens with zero attached hydrogens (tertiary/aromatic N) is 1. The monoisotopic (exact) mass is 414 g/mol. The second-order valence-corrected chi connectivity index (χ2v) is 7.73. The molecule has 4 rings (SSSR count). The van der Waals surface area contributed by atoms with Crippen molar-refractivity contribution in [1.29, 1.82) is 0 Å². The number of esters is 1. The Kier molecular flexibility index (Phi) is 8.10. The highest BCUT2D eigenvalue weighted by Gasteiger charge is 2.35. The lowest BCUT2D eigenvalue weighted by Crippen LogP contribution is -3.00. The summed E-state index contributed by atoms with van der Waals surface area (Å²) in [5.41, 5.74) is 1.97. The van der Waals surface area contributed by atoms with Crippen LogP contribution in [0.1, 0.15) is 42.7 Å². The van der Waals surface area contributed by atoms with Crippen molar-refractivity contribution in [2.24, 2.45) is 0 Å². The fourth-order valence-electron chi connectivity index (χ4n) is 4.51. The number of carbonyl (C=O) groups excluding carboxylic acids is 1. The lowest BCUT2D eigenvalue weighted by Gasteiger charge is -2.41. The number of rotatable bonds is 5. The van der Waals surface area contributed by atoms with E-state index in [1.807, 2.05) is 60.7 Å². The molecule has 156 valence electrons. The summed E-state index contributed by atoms with van der Waals surface area (Å²) < 4.78 is 11.7. The Labute approximate surface area is 179 Å². The Morgan fingerprint density at radius 2 is 1.45 bits per heavy atom. The Hall–Kier alpha value is -1.88. The zero-order chi connectivity index (χ0) is 19.2. The molecule has 2 atom stereocenters. The van der Waals surface area contributed by atoms with Crippen LogP contribution in [-0.4, -0.2) is 49.3 Å². The summed E-state index contributed by atoms with van der Waals surface area (Å²) >= 11 is 0. The average molecular weight is 415 g/mol. The van der Waals surface area contributed by atoms with Gasteiger partial charge in [0.2, 0.25) is 0 Å². The molecule has 2 unspecified atom stereocenters. The summed E-state index contributed by atoms with van der Waals surface area (Å²) in [6.45, 7) is 3.40. The predicted molar refractivity (Wildman–Crippen MR) is 109 cm³/mol. The van der Waals surface area contributed by atoms with Gasteiger partial charge in [0.25, 0.3) is 0 Å². The van der Waals surface area contributed by atoms with Gasteiger partial charge in [-0.25, -0.2) is 0 Å². The highest BCUT2D eigenvalue weighted by Crippen LogP contribution is 2.31. The van der Waals surface area contributed by atoms with Gasteiger partial charge in [-0.2, -0.15) is 0 Å². The molecule has 0 aromatic heterocycles. The molecule has 5 heteroatoms. The maximum Gasteiger partial charge on any atom is 0.318 e. The van der Waals surface area contributed by atoms with Gasteiger partial charge in [-0.3, -0.25) is 9.69 Å². The smallest absolute Gasteiger partial charge is 0.318 e. The van der Waals surface area contributed by atoms with Crippen LogP contribution in [0.3, 0.4) is 0 Å². The predicted octanol–water partition coefficient (Wildman–Crippen LogP) is 1.01. The number of benzene rings is 2. The fourth-order valence-corrected chi connectivity index (χ4v) is 4.51.